The molecule has 2 saturated heterocycles. The Bertz CT molecular complexity index is 613. The number of ether oxygens (including phenoxy) is 2. The number of morpholine rings is 1. The van der Waals surface area contributed by atoms with Gasteiger partial charge in [-0.2, -0.15) is 13.2 Å². The summed E-state index contributed by atoms with van der Waals surface area (Å²) in [6, 6.07) is 4.09. The van der Waals surface area contributed by atoms with Gasteiger partial charge in [0.2, 0.25) is 0 Å². The zero-order chi connectivity index (χ0) is 19.3. The molecule has 3 rings (SSSR count). The van der Waals surface area contributed by atoms with Crippen molar-refractivity contribution in [3.8, 4) is 0 Å². The lowest BCUT2D eigenvalue weighted by Crippen LogP contribution is -2.52. The van der Waals surface area contributed by atoms with Crippen molar-refractivity contribution in [3.05, 3.63) is 29.8 Å². The first-order valence-electron chi connectivity index (χ1n) is 9.05. The standard InChI is InChI=1S/C18H24F3N3O3/c19-18(20,21)14-1-3-15(4-2-14)23-17(25)22-11-16(13-5-8-27-12-13)24-6-9-26-10-7-24/h1-4,13,16H,5-12H2,(H2,22,23,25)/t13-,16-/m0/s1. The summed E-state index contributed by atoms with van der Waals surface area (Å²) in [5.74, 6) is 0.342. The molecular weight excluding hydrogens is 363 g/mol. The number of hydrogen-bond acceptors (Lipinski definition) is 4. The summed E-state index contributed by atoms with van der Waals surface area (Å²) in [7, 11) is 0. The number of amides is 2. The van der Waals surface area contributed by atoms with Crippen LogP contribution >= 0.6 is 0 Å². The van der Waals surface area contributed by atoms with Gasteiger partial charge in [0.25, 0.3) is 0 Å². The van der Waals surface area contributed by atoms with Gasteiger partial charge < -0.3 is 20.1 Å². The summed E-state index contributed by atoms with van der Waals surface area (Å²) >= 11 is 0. The number of rotatable bonds is 5. The first-order valence-corrected chi connectivity index (χ1v) is 9.05. The largest absolute Gasteiger partial charge is 0.416 e. The van der Waals surface area contributed by atoms with E-state index in [1.807, 2.05) is 0 Å². The van der Waals surface area contributed by atoms with Gasteiger partial charge in [0, 0.05) is 43.9 Å². The van der Waals surface area contributed by atoms with Gasteiger partial charge >= 0.3 is 12.2 Å². The first kappa shape index (κ1) is 19.9. The number of carbonyl (C=O) groups excluding carboxylic acids is 1. The smallest absolute Gasteiger partial charge is 0.381 e. The van der Waals surface area contributed by atoms with Crippen LogP contribution in [-0.2, 0) is 15.7 Å². The Labute approximate surface area is 156 Å². The summed E-state index contributed by atoms with van der Waals surface area (Å²) in [4.78, 5) is 14.5. The molecule has 0 spiro atoms. The number of hydrogen-bond donors (Lipinski definition) is 2. The molecule has 0 aromatic heterocycles. The number of anilines is 1. The van der Waals surface area contributed by atoms with E-state index < -0.39 is 17.8 Å². The SMILES string of the molecule is O=C(NC[C@@H]([C@H]1CCOC1)N1CCOCC1)Nc1ccc(C(F)(F)F)cc1. The number of carbonyl (C=O) groups is 1. The Morgan fingerprint density at radius 1 is 1.15 bits per heavy atom. The molecular formula is C18H24F3N3O3. The van der Waals surface area contributed by atoms with Crippen molar-refractivity contribution in [2.45, 2.75) is 18.6 Å². The third-order valence-electron chi connectivity index (χ3n) is 4.97. The molecule has 2 heterocycles. The molecule has 6 nitrogen and oxygen atoms in total. The van der Waals surface area contributed by atoms with E-state index in [4.69, 9.17) is 9.47 Å². The molecule has 2 aliphatic heterocycles. The first-order chi connectivity index (χ1) is 12.9. The Morgan fingerprint density at radius 2 is 1.85 bits per heavy atom. The Kier molecular flexibility index (Phi) is 6.56. The summed E-state index contributed by atoms with van der Waals surface area (Å²) in [6.45, 7) is 4.80. The van der Waals surface area contributed by atoms with Crippen LogP contribution in [-0.4, -0.2) is 63.0 Å². The molecule has 27 heavy (non-hydrogen) atoms. The number of benzene rings is 1. The lowest BCUT2D eigenvalue weighted by molar-refractivity contribution is -0.137. The fraction of sp³-hybridized carbons (Fsp3) is 0.611. The lowest BCUT2D eigenvalue weighted by atomic mass is 9.97. The van der Waals surface area contributed by atoms with Crippen molar-refractivity contribution < 1.29 is 27.4 Å². The van der Waals surface area contributed by atoms with E-state index >= 15 is 0 Å². The highest BCUT2D eigenvalue weighted by Gasteiger charge is 2.32. The number of alkyl halides is 3. The van der Waals surface area contributed by atoms with Crippen LogP contribution in [0.25, 0.3) is 0 Å². The molecule has 2 fully saturated rings. The highest BCUT2D eigenvalue weighted by atomic mass is 19.4. The second kappa shape index (κ2) is 8.90. The van der Waals surface area contributed by atoms with E-state index in [2.05, 4.69) is 15.5 Å². The van der Waals surface area contributed by atoms with Crippen molar-refractivity contribution in [3.63, 3.8) is 0 Å². The topological polar surface area (TPSA) is 62.8 Å². The van der Waals surface area contributed by atoms with Crippen LogP contribution in [0.2, 0.25) is 0 Å². The molecule has 2 N–H and O–H groups in total. The highest BCUT2D eigenvalue weighted by molar-refractivity contribution is 5.89. The molecule has 1 aromatic rings. The summed E-state index contributed by atoms with van der Waals surface area (Å²) in [6.07, 6.45) is -3.44. The number of urea groups is 1. The third kappa shape index (κ3) is 5.57. The van der Waals surface area contributed by atoms with Crippen LogP contribution in [0.1, 0.15) is 12.0 Å². The van der Waals surface area contributed by atoms with Crippen LogP contribution in [0.3, 0.4) is 0 Å². The Hall–Kier alpha value is -1.84. The monoisotopic (exact) mass is 387 g/mol. The number of nitrogens with one attached hydrogen (secondary N) is 2. The van der Waals surface area contributed by atoms with Crippen molar-refractivity contribution in [2.24, 2.45) is 5.92 Å². The molecule has 2 amide bonds. The quantitative estimate of drug-likeness (QED) is 0.815. The normalized spacial score (nSPS) is 22.4. The second-order valence-electron chi connectivity index (χ2n) is 6.75. The zero-order valence-corrected chi connectivity index (χ0v) is 14.9. The minimum atomic E-state index is -4.39. The minimum absolute atomic E-state index is 0.148. The molecule has 2 atom stereocenters. The molecule has 0 bridgehead atoms. The third-order valence-corrected chi connectivity index (χ3v) is 4.97. The summed E-state index contributed by atoms with van der Waals surface area (Å²) in [5, 5.41) is 5.42. The second-order valence-corrected chi connectivity index (χ2v) is 6.75. The molecule has 9 heteroatoms. The highest BCUT2D eigenvalue weighted by Crippen LogP contribution is 2.29. The van der Waals surface area contributed by atoms with Gasteiger partial charge in [-0.05, 0) is 30.7 Å². The van der Waals surface area contributed by atoms with Gasteiger partial charge in [-0.1, -0.05) is 0 Å². The van der Waals surface area contributed by atoms with Crippen LogP contribution in [0.5, 0.6) is 0 Å². The Balaban J connectivity index is 1.54. The minimum Gasteiger partial charge on any atom is -0.381 e. The molecule has 0 aliphatic carbocycles. The van der Waals surface area contributed by atoms with E-state index in [-0.39, 0.29) is 6.04 Å². The van der Waals surface area contributed by atoms with Gasteiger partial charge in [0.1, 0.15) is 0 Å². The van der Waals surface area contributed by atoms with Crippen molar-refractivity contribution in [2.75, 3.05) is 51.4 Å². The molecule has 0 radical (unpaired) electrons. The van der Waals surface area contributed by atoms with Crippen LogP contribution in [0, 0.1) is 5.92 Å². The van der Waals surface area contributed by atoms with Gasteiger partial charge in [0.05, 0.1) is 25.4 Å². The average Bonchev–Trinajstić information content (AvgIpc) is 3.17. The van der Waals surface area contributed by atoms with Crippen molar-refractivity contribution >= 4 is 11.7 Å². The predicted octanol–water partition coefficient (Wildman–Crippen LogP) is 2.56. The van der Waals surface area contributed by atoms with Gasteiger partial charge in [-0.15, -0.1) is 0 Å². The molecule has 2 aliphatic rings. The van der Waals surface area contributed by atoms with E-state index in [1.165, 1.54) is 12.1 Å². The van der Waals surface area contributed by atoms with Crippen molar-refractivity contribution in [1.29, 1.82) is 0 Å². The lowest BCUT2D eigenvalue weighted by Gasteiger charge is -2.37. The number of halogens is 3. The predicted molar refractivity (Wildman–Crippen MR) is 93.6 cm³/mol. The summed E-state index contributed by atoms with van der Waals surface area (Å²) in [5.41, 5.74) is -0.435. The molecule has 0 unspecified atom stereocenters. The molecule has 1 aromatic carbocycles. The van der Waals surface area contributed by atoms with Gasteiger partial charge in [-0.3, -0.25) is 4.90 Å². The molecule has 150 valence electrons. The maximum absolute atomic E-state index is 12.6. The van der Waals surface area contributed by atoms with Crippen LogP contribution in [0.4, 0.5) is 23.7 Å². The fourth-order valence-corrected chi connectivity index (χ4v) is 3.47. The van der Waals surface area contributed by atoms with Crippen molar-refractivity contribution in [1.82, 2.24) is 10.2 Å². The maximum atomic E-state index is 12.6. The molecule has 0 saturated carbocycles. The zero-order valence-electron chi connectivity index (χ0n) is 14.9. The van der Waals surface area contributed by atoms with E-state index in [1.54, 1.807) is 0 Å². The maximum Gasteiger partial charge on any atom is 0.416 e. The Morgan fingerprint density at radius 3 is 2.44 bits per heavy atom. The number of nitrogens with zero attached hydrogens (tertiary/aromatic N) is 1. The van der Waals surface area contributed by atoms with E-state index in [9.17, 15) is 18.0 Å². The van der Waals surface area contributed by atoms with E-state index in [0.717, 1.165) is 38.2 Å². The van der Waals surface area contributed by atoms with Crippen LogP contribution in [0.15, 0.2) is 24.3 Å². The average molecular weight is 387 g/mol. The van der Waals surface area contributed by atoms with E-state index in [0.29, 0.717) is 38.0 Å². The van der Waals surface area contributed by atoms with Gasteiger partial charge in [0.15, 0.2) is 0 Å². The fourth-order valence-electron chi connectivity index (χ4n) is 3.47. The van der Waals surface area contributed by atoms with Crippen LogP contribution < -0.4 is 10.6 Å². The van der Waals surface area contributed by atoms with Gasteiger partial charge in [-0.25, -0.2) is 4.79 Å². The summed E-state index contributed by atoms with van der Waals surface area (Å²) < 4.78 is 48.7.